The minimum Gasteiger partial charge on any atom is -0.200 e. The Morgan fingerprint density at radius 2 is 0.800 bits per heavy atom. The van der Waals surface area contributed by atoms with Crippen LogP contribution >= 0.6 is 0 Å². The molecule has 0 aromatic carbocycles. The van der Waals surface area contributed by atoms with Crippen molar-refractivity contribution < 1.29 is 17.6 Å². The predicted molar refractivity (Wildman–Crippen MR) is 76.6 cm³/mol. The normalized spacial score (nSPS) is 12.9. The van der Waals surface area contributed by atoms with Gasteiger partial charge in [-0.15, -0.1) is 0 Å². The molecule has 0 spiro atoms. The molecule has 0 bridgehead atoms. The minimum atomic E-state index is -3.84. The van der Waals surface area contributed by atoms with E-state index in [1.54, 1.807) is 0 Å². The van der Waals surface area contributed by atoms with Crippen molar-refractivity contribution in [3.8, 4) is 0 Å². The molecule has 0 atom stereocenters. The van der Waals surface area contributed by atoms with Crippen molar-refractivity contribution in [2.45, 2.75) is 103 Å². The molecular weight excluding hydrogens is 268 g/mol. The van der Waals surface area contributed by atoms with E-state index in [1.807, 2.05) is 6.92 Å². The highest BCUT2D eigenvalue weighted by atomic mass is 19.3. The number of rotatable bonds is 13. The molecule has 0 aromatic heterocycles. The van der Waals surface area contributed by atoms with Crippen LogP contribution in [0.15, 0.2) is 0 Å². The zero-order valence-electron chi connectivity index (χ0n) is 13.0. The molecule has 0 aliphatic carbocycles. The van der Waals surface area contributed by atoms with Gasteiger partial charge in [0.2, 0.25) is 0 Å². The molecule has 0 heterocycles. The third kappa shape index (κ3) is 8.11. The molecule has 4 heteroatoms. The van der Waals surface area contributed by atoms with Crippen LogP contribution in [0.2, 0.25) is 0 Å². The van der Waals surface area contributed by atoms with E-state index in [4.69, 9.17) is 0 Å². The topological polar surface area (TPSA) is 0 Å². The van der Waals surface area contributed by atoms with Gasteiger partial charge in [0.15, 0.2) is 0 Å². The lowest BCUT2D eigenvalue weighted by molar-refractivity contribution is -0.216. The van der Waals surface area contributed by atoms with Crippen LogP contribution < -0.4 is 0 Å². The molecule has 0 unspecified atom stereocenters. The summed E-state index contributed by atoms with van der Waals surface area (Å²) in [5.41, 5.74) is 0. The van der Waals surface area contributed by atoms with E-state index in [1.165, 1.54) is 0 Å². The standard InChI is InChI=1S/C16H30F4/c1-3-5-7-9-10-12-14-16(19,20)15(17,18)13-11-8-6-4-2/h3-14H2,1-2H3. The number of hydrogen-bond acceptors (Lipinski definition) is 0. The fraction of sp³-hybridized carbons (Fsp3) is 1.00. The van der Waals surface area contributed by atoms with E-state index in [-0.39, 0.29) is 12.8 Å². The maximum atomic E-state index is 13.5. The Morgan fingerprint density at radius 3 is 1.20 bits per heavy atom. The maximum absolute atomic E-state index is 13.5. The van der Waals surface area contributed by atoms with Crippen molar-refractivity contribution in [3.05, 3.63) is 0 Å². The van der Waals surface area contributed by atoms with Crippen molar-refractivity contribution in [2.75, 3.05) is 0 Å². The first-order valence-corrected chi connectivity index (χ1v) is 8.13. The van der Waals surface area contributed by atoms with Crippen molar-refractivity contribution in [1.82, 2.24) is 0 Å². The van der Waals surface area contributed by atoms with Gasteiger partial charge in [0.05, 0.1) is 0 Å². The van der Waals surface area contributed by atoms with Crippen LogP contribution in [0.5, 0.6) is 0 Å². The van der Waals surface area contributed by atoms with Gasteiger partial charge < -0.3 is 0 Å². The van der Waals surface area contributed by atoms with Crippen molar-refractivity contribution >= 4 is 0 Å². The number of hydrogen-bond donors (Lipinski definition) is 0. The van der Waals surface area contributed by atoms with Gasteiger partial charge in [-0.25, -0.2) is 0 Å². The van der Waals surface area contributed by atoms with E-state index < -0.39 is 24.7 Å². The average molecular weight is 298 g/mol. The summed E-state index contributed by atoms with van der Waals surface area (Å²) >= 11 is 0. The Balaban J connectivity index is 3.92. The number of halogens is 4. The van der Waals surface area contributed by atoms with Crippen LogP contribution in [0.4, 0.5) is 17.6 Å². The van der Waals surface area contributed by atoms with E-state index in [0.29, 0.717) is 12.8 Å². The monoisotopic (exact) mass is 298 g/mol. The van der Waals surface area contributed by atoms with E-state index in [9.17, 15) is 17.6 Å². The molecule has 0 nitrogen and oxygen atoms in total. The Hall–Kier alpha value is -0.280. The van der Waals surface area contributed by atoms with Gasteiger partial charge in [-0.05, 0) is 12.8 Å². The first-order valence-electron chi connectivity index (χ1n) is 8.13. The molecule has 0 saturated heterocycles. The van der Waals surface area contributed by atoms with Crippen LogP contribution in [-0.2, 0) is 0 Å². The second-order valence-electron chi connectivity index (χ2n) is 5.74. The molecule has 122 valence electrons. The Kier molecular flexibility index (Phi) is 10.3. The fourth-order valence-electron chi connectivity index (χ4n) is 2.27. The average Bonchev–Trinajstić information content (AvgIpc) is 2.38. The van der Waals surface area contributed by atoms with E-state index >= 15 is 0 Å². The first kappa shape index (κ1) is 19.7. The predicted octanol–water partition coefficient (Wildman–Crippen LogP) is 6.98. The van der Waals surface area contributed by atoms with Crippen LogP contribution in [-0.4, -0.2) is 11.8 Å². The Morgan fingerprint density at radius 1 is 0.500 bits per heavy atom. The summed E-state index contributed by atoms with van der Waals surface area (Å²) in [7, 11) is 0. The lowest BCUT2D eigenvalue weighted by atomic mass is 9.98. The summed E-state index contributed by atoms with van der Waals surface area (Å²) in [6, 6.07) is 0. The van der Waals surface area contributed by atoms with Gasteiger partial charge in [-0.3, -0.25) is 0 Å². The van der Waals surface area contributed by atoms with Gasteiger partial charge >= 0.3 is 11.8 Å². The maximum Gasteiger partial charge on any atom is 0.310 e. The Bertz CT molecular complexity index is 227. The first-order chi connectivity index (χ1) is 9.37. The molecule has 20 heavy (non-hydrogen) atoms. The molecule has 0 N–H and O–H groups in total. The molecule has 0 aliphatic rings. The molecule has 0 saturated carbocycles. The SMILES string of the molecule is CCCCCCCCC(F)(F)C(F)(F)CCCCCC. The number of alkyl halides is 4. The zero-order chi connectivity index (χ0) is 15.5. The second kappa shape index (κ2) is 10.4. The minimum absolute atomic E-state index is 0.187. The number of unbranched alkanes of at least 4 members (excludes halogenated alkanes) is 8. The molecule has 0 aliphatic heterocycles. The summed E-state index contributed by atoms with van der Waals surface area (Å²) in [4.78, 5) is 0. The van der Waals surface area contributed by atoms with Gasteiger partial charge in [0.1, 0.15) is 0 Å². The third-order valence-electron chi connectivity index (χ3n) is 3.72. The molecule has 0 aromatic rings. The van der Waals surface area contributed by atoms with Crippen molar-refractivity contribution in [2.24, 2.45) is 0 Å². The van der Waals surface area contributed by atoms with E-state index in [2.05, 4.69) is 6.92 Å². The van der Waals surface area contributed by atoms with Gasteiger partial charge in [0, 0.05) is 12.8 Å². The third-order valence-corrected chi connectivity index (χ3v) is 3.72. The van der Waals surface area contributed by atoms with Gasteiger partial charge in [-0.2, -0.15) is 17.6 Å². The lowest BCUT2D eigenvalue weighted by Gasteiger charge is -2.26. The summed E-state index contributed by atoms with van der Waals surface area (Å²) < 4.78 is 54.1. The zero-order valence-corrected chi connectivity index (χ0v) is 13.0. The summed E-state index contributed by atoms with van der Waals surface area (Å²) in [5, 5.41) is 0. The second-order valence-corrected chi connectivity index (χ2v) is 5.74. The highest BCUT2D eigenvalue weighted by Crippen LogP contribution is 2.41. The molecular formula is C16H30F4. The lowest BCUT2D eigenvalue weighted by Crippen LogP contribution is -2.40. The molecule has 0 amide bonds. The van der Waals surface area contributed by atoms with Crippen molar-refractivity contribution in [1.29, 1.82) is 0 Å². The molecule has 0 rings (SSSR count). The molecule has 0 fully saturated rings. The van der Waals surface area contributed by atoms with Crippen LogP contribution in [0.3, 0.4) is 0 Å². The van der Waals surface area contributed by atoms with Gasteiger partial charge in [0.25, 0.3) is 0 Å². The van der Waals surface area contributed by atoms with Crippen molar-refractivity contribution in [3.63, 3.8) is 0 Å². The quantitative estimate of drug-likeness (QED) is 0.254. The highest BCUT2D eigenvalue weighted by molar-refractivity contribution is 4.84. The molecule has 0 radical (unpaired) electrons. The smallest absolute Gasteiger partial charge is 0.200 e. The summed E-state index contributed by atoms with van der Waals surface area (Å²) in [6.07, 6.45) is 6.06. The van der Waals surface area contributed by atoms with Gasteiger partial charge in [-0.1, -0.05) is 65.2 Å². The van der Waals surface area contributed by atoms with Crippen LogP contribution in [0.25, 0.3) is 0 Å². The van der Waals surface area contributed by atoms with Crippen LogP contribution in [0, 0.1) is 0 Å². The summed E-state index contributed by atoms with van der Waals surface area (Å²) in [6.45, 7) is 4.04. The highest BCUT2D eigenvalue weighted by Gasteiger charge is 2.54. The largest absolute Gasteiger partial charge is 0.310 e. The van der Waals surface area contributed by atoms with E-state index in [0.717, 1.165) is 38.5 Å². The summed E-state index contributed by atoms with van der Waals surface area (Å²) in [5.74, 6) is -7.69. The fourth-order valence-corrected chi connectivity index (χ4v) is 2.27. The van der Waals surface area contributed by atoms with Crippen LogP contribution in [0.1, 0.15) is 90.9 Å². The Labute approximate surface area is 121 Å².